The Balaban J connectivity index is 1.47. The van der Waals surface area contributed by atoms with Gasteiger partial charge in [-0.25, -0.2) is 9.97 Å². The fourth-order valence-corrected chi connectivity index (χ4v) is 4.18. The van der Waals surface area contributed by atoms with Gasteiger partial charge >= 0.3 is 0 Å². The van der Waals surface area contributed by atoms with Crippen molar-refractivity contribution in [1.82, 2.24) is 9.97 Å². The minimum absolute atomic E-state index is 0.137. The molecule has 4 rings (SSSR count). The molecule has 2 aromatic heterocycles. The molecule has 2 heterocycles. The number of aliphatic hydroxyl groups excluding tert-OH is 1. The third kappa shape index (κ3) is 3.91. The van der Waals surface area contributed by atoms with E-state index >= 15 is 0 Å². The maximum atomic E-state index is 9.62. The van der Waals surface area contributed by atoms with Gasteiger partial charge in [0.05, 0.1) is 16.3 Å². The summed E-state index contributed by atoms with van der Waals surface area (Å²) in [6, 6.07) is 12.6. The van der Waals surface area contributed by atoms with Crippen molar-refractivity contribution in [2.75, 3.05) is 10.6 Å². The van der Waals surface area contributed by atoms with Gasteiger partial charge in [-0.15, -0.1) is 0 Å². The number of nitrogens with zero attached hydrogens (tertiary/aromatic N) is 2. The predicted molar refractivity (Wildman–Crippen MR) is 104 cm³/mol. The minimum Gasteiger partial charge on any atom is -0.393 e. The van der Waals surface area contributed by atoms with Gasteiger partial charge in [-0.1, -0.05) is 23.5 Å². The molecule has 0 aliphatic heterocycles. The van der Waals surface area contributed by atoms with Crippen LogP contribution in [0.15, 0.2) is 36.4 Å². The average Bonchev–Trinajstić information content (AvgIpc) is 2.98. The van der Waals surface area contributed by atoms with Gasteiger partial charge in [-0.3, -0.25) is 0 Å². The van der Waals surface area contributed by atoms with Crippen LogP contribution in [0.4, 0.5) is 16.8 Å². The minimum atomic E-state index is -0.137. The quantitative estimate of drug-likeness (QED) is 0.645. The van der Waals surface area contributed by atoms with Crippen LogP contribution in [0.25, 0.3) is 10.2 Å². The van der Waals surface area contributed by atoms with Crippen LogP contribution in [0.1, 0.15) is 31.2 Å². The summed E-state index contributed by atoms with van der Waals surface area (Å²) in [6.07, 6.45) is 3.55. The average molecular weight is 354 g/mol. The van der Waals surface area contributed by atoms with E-state index in [1.807, 2.05) is 18.2 Å². The monoisotopic (exact) mass is 354 g/mol. The first-order valence-electron chi connectivity index (χ1n) is 8.71. The van der Waals surface area contributed by atoms with Gasteiger partial charge in [0.1, 0.15) is 11.6 Å². The second-order valence-corrected chi connectivity index (χ2v) is 7.70. The SMILES string of the molecule is Cc1ccc2nc(Nc3cccc(NC4CCC(O)CC4)n3)sc2c1. The van der Waals surface area contributed by atoms with E-state index in [2.05, 4.69) is 45.7 Å². The van der Waals surface area contributed by atoms with Crippen LogP contribution in [-0.2, 0) is 0 Å². The summed E-state index contributed by atoms with van der Waals surface area (Å²) < 4.78 is 1.18. The van der Waals surface area contributed by atoms with Crippen molar-refractivity contribution in [1.29, 1.82) is 0 Å². The zero-order valence-corrected chi connectivity index (χ0v) is 15.0. The van der Waals surface area contributed by atoms with Crippen LogP contribution in [0, 0.1) is 6.92 Å². The van der Waals surface area contributed by atoms with Crippen molar-refractivity contribution < 1.29 is 5.11 Å². The maximum Gasteiger partial charge on any atom is 0.189 e. The molecule has 0 spiro atoms. The van der Waals surface area contributed by atoms with Crippen molar-refractivity contribution in [3.05, 3.63) is 42.0 Å². The lowest BCUT2D eigenvalue weighted by Crippen LogP contribution is -2.28. The molecule has 0 unspecified atom stereocenters. The van der Waals surface area contributed by atoms with E-state index in [0.29, 0.717) is 6.04 Å². The third-order valence-electron chi connectivity index (χ3n) is 4.58. The topological polar surface area (TPSA) is 70.1 Å². The van der Waals surface area contributed by atoms with Gasteiger partial charge in [0, 0.05) is 6.04 Å². The molecular weight excluding hydrogens is 332 g/mol. The molecule has 3 N–H and O–H groups in total. The molecule has 0 bridgehead atoms. The largest absolute Gasteiger partial charge is 0.393 e. The van der Waals surface area contributed by atoms with Crippen LogP contribution in [0.5, 0.6) is 0 Å². The number of pyridine rings is 1. The Morgan fingerprint density at radius 1 is 1.04 bits per heavy atom. The fourth-order valence-electron chi connectivity index (χ4n) is 3.21. The molecule has 1 saturated carbocycles. The molecule has 1 aliphatic carbocycles. The van der Waals surface area contributed by atoms with Crippen LogP contribution in [-0.4, -0.2) is 27.2 Å². The van der Waals surface area contributed by atoms with E-state index in [4.69, 9.17) is 0 Å². The number of aromatic nitrogens is 2. The molecule has 0 amide bonds. The highest BCUT2D eigenvalue weighted by Crippen LogP contribution is 2.29. The smallest absolute Gasteiger partial charge is 0.189 e. The van der Waals surface area contributed by atoms with Gasteiger partial charge in [0.25, 0.3) is 0 Å². The first-order valence-corrected chi connectivity index (χ1v) is 9.53. The van der Waals surface area contributed by atoms with Crippen LogP contribution >= 0.6 is 11.3 Å². The highest BCUT2D eigenvalue weighted by Gasteiger charge is 2.19. The van der Waals surface area contributed by atoms with E-state index in [0.717, 1.165) is 48.0 Å². The van der Waals surface area contributed by atoms with Gasteiger partial charge in [-0.2, -0.15) is 0 Å². The second kappa shape index (κ2) is 6.98. The number of anilines is 3. The van der Waals surface area contributed by atoms with E-state index in [1.54, 1.807) is 11.3 Å². The zero-order chi connectivity index (χ0) is 17.2. The molecule has 0 radical (unpaired) electrons. The maximum absolute atomic E-state index is 9.62. The summed E-state index contributed by atoms with van der Waals surface area (Å²) in [7, 11) is 0. The van der Waals surface area contributed by atoms with E-state index in [-0.39, 0.29) is 6.10 Å². The summed E-state index contributed by atoms with van der Waals surface area (Å²) >= 11 is 1.64. The van der Waals surface area contributed by atoms with E-state index in [1.165, 1.54) is 10.3 Å². The number of hydrogen-bond acceptors (Lipinski definition) is 6. The van der Waals surface area contributed by atoms with E-state index in [9.17, 15) is 5.11 Å². The van der Waals surface area contributed by atoms with Gasteiger partial charge < -0.3 is 15.7 Å². The van der Waals surface area contributed by atoms with Gasteiger partial charge in [0.2, 0.25) is 0 Å². The fraction of sp³-hybridized carbons (Fsp3) is 0.368. The van der Waals surface area contributed by atoms with Crippen LogP contribution in [0.3, 0.4) is 0 Å². The molecule has 5 nitrogen and oxygen atoms in total. The molecule has 6 heteroatoms. The Labute approximate surface area is 151 Å². The summed E-state index contributed by atoms with van der Waals surface area (Å²) in [5.74, 6) is 1.65. The van der Waals surface area contributed by atoms with Crippen molar-refractivity contribution >= 4 is 38.3 Å². The number of benzene rings is 1. The summed E-state index contributed by atoms with van der Waals surface area (Å²) in [5, 5.41) is 17.3. The Morgan fingerprint density at radius 2 is 1.84 bits per heavy atom. The van der Waals surface area contributed by atoms with Crippen LogP contribution in [0.2, 0.25) is 0 Å². The first kappa shape index (κ1) is 16.3. The first-order chi connectivity index (χ1) is 12.2. The zero-order valence-electron chi connectivity index (χ0n) is 14.2. The molecule has 25 heavy (non-hydrogen) atoms. The number of nitrogens with one attached hydrogen (secondary N) is 2. The third-order valence-corrected chi connectivity index (χ3v) is 5.51. The van der Waals surface area contributed by atoms with Crippen LogP contribution < -0.4 is 10.6 Å². The highest BCUT2D eigenvalue weighted by atomic mass is 32.1. The molecule has 1 aromatic carbocycles. The summed E-state index contributed by atoms with van der Waals surface area (Å²) in [6.45, 7) is 2.09. The highest BCUT2D eigenvalue weighted by molar-refractivity contribution is 7.22. The van der Waals surface area contributed by atoms with Gasteiger partial charge in [-0.05, 0) is 62.4 Å². The van der Waals surface area contributed by atoms with Crippen molar-refractivity contribution in [3.63, 3.8) is 0 Å². The van der Waals surface area contributed by atoms with Crippen molar-refractivity contribution in [2.45, 2.75) is 44.8 Å². The molecule has 1 fully saturated rings. The molecule has 130 valence electrons. The Bertz CT molecular complexity index is 871. The Hall–Kier alpha value is -2.18. The normalized spacial score (nSPS) is 20.6. The standard InChI is InChI=1S/C19H22N4OS/c1-12-5-10-15-16(11-12)25-19(21-15)23-18-4-2-3-17(22-18)20-13-6-8-14(24)9-7-13/h2-5,10-11,13-14,24H,6-9H2,1H3,(H2,20,21,22,23). The second-order valence-electron chi connectivity index (χ2n) is 6.67. The summed E-state index contributed by atoms with van der Waals surface area (Å²) in [5.41, 5.74) is 2.25. The number of rotatable bonds is 4. The van der Waals surface area contributed by atoms with E-state index < -0.39 is 0 Å². The summed E-state index contributed by atoms with van der Waals surface area (Å²) in [4.78, 5) is 9.27. The lowest BCUT2D eigenvalue weighted by atomic mass is 9.93. The molecule has 0 saturated heterocycles. The number of aryl methyl sites for hydroxylation is 1. The molecule has 3 aromatic rings. The molecule has 1 aliphatic rings. The Morgan fingerprint density at radius 3 is 2.68 bits per heavy atom. The number of hydrogen-bond donors (Lipinski definition) is 3. The lowest BCUT2D eigenvalue weighted by molar-refractivity contribution is 0.126. The van der Waals surface area contributed by atoms with Crippen molar-refractivity contribution in [2.24, 2.45) is 0 Å². The Kier molecular flexibility index (Phi) is 4.55. The molecular formula is C19H22N4OS. The lowest BCUT2D eigenvalue weighted by Gasteiger charge is -2.26. The number of aliphatic hydroxyl groups is 1. The van der Waals surface area contributed by atoms with Crippen molar-refractivity contribution in [3.8, 4) is 0 Å². The molecule has 0 atom stereocenters. The number of thiazole rings is 1. The predicted octanol–water partition coefficient (Wildman–Crippen LogP) is 4.46. The van der Waals surface area contributed by atoms with Gasteiger partial charge in [0.15, 0.2) is 5.13 Å². The number of fused-ring (bicyclic) bond motifs is 1.